The number of carbonyl (C=O) groups is 1. The van der Waals surface area contributed by atoms with Gasteiger partial charge in [-0.05, 0) is 12.3 Å². The first kappa shape index (κ1) is 15.2. The number of nitrogens with one attached hydrogen (secondary N) is 1. The zero-order valence-corrected chi connectivity index (χ0v) is 12.6. The van der Waals surface area contributed by atoms with Gasteiger partial charge in [0.1, 0.15) is 18.2 Å². The maximum atomic E-state index is 11.5. The van der Waals surface area contributed by atoms with Crippen LogP contribution < -0.4 is 5.32 Å². The van der Waals surface area contributed by atoms with E-state index >= 15 is 0 Å². The smallest absolute Gasteiger partial charge is 0.326 e. The third-order valence-electron chi connectivity index (χ3n) is 3.59. The summed E-state index contributed by atoms with van der Waals surface area (Å²) in [6.07, 6.45) is 3.98. The standard InChI is InChI=1S/C14H21N5O2/c1-4-6-10-7-11(19-14(17-10)15-8-16-19)18-12(13(20)21)9(3)5-2/h7-9,12,18H,4-6H2,1-3H3,(H,20,21)/t9-,12-/m0/s1. The number of carboxylic acids is 1. The molecule has 2 aromatic rings. The highest BCUT2D eigenvalue weighted by molar-refractivity contribution is 5.77. The number of nitrogens with zero attached hydrogens (tertiary/aromatic N) is 4. The van der Waals surface area contributed by atoms with Crippen molar-refractivity contribution in [2.75, 3.05) is 5.32 Å². The van der Waals surface area contributed by atoms with Crippen LogP contribution in [0.4, 0.5) is 5.82 Å². The van der Waals surface area contributed by atoms with Crippen LogP contribution in [-0.4, -0.2) is 36.7 Å². The van der Waals surface area contributed by atoms with Gasteiger partial charge in [0.2, 0.25) is 0 Å². The lowest BCUT2D eigenvalue weighted by Crippen LogP contribution is -2.36. The molecule has 0 aliphatic carbocycles. The minimum atomic E-state index is -0.869. The van der Waals surface area contributed by atoms with Crippen LogP contribution in [0, 0.1) is 5.92 Å². The van der Waals surface area contributed by atoms with Gasteiger partial charge in [-0.15, -0.1) is 0 Å². The Hall–Kier alpha value is -2.18. The molecule has 0 radical (unpaired) electrons. The molecule has 114 valence electrons. The van der Waals surface area contributed by atoms with Crippen molar-refractivity contribution in [3.05, 3.63) is 18.1 Å². The van der Waals surface area contributed by atoms with E-state index in [1.165, 1.54) is 10.8 Å². The van der Waals surface area contributed by atoms with Gasteiger partial charge >= 0.3 is 5.97 Å². The quantitative estimate of drug-likeness (QED) is 0.810. The second-order valence-corrected chi connectivity index (χ2v) is 5.20. The molecule has 2 atom stereocenters. The number of hydrogen-bond donors (Lipinski definition) is 2. The Balaban J connectivity index is 2.39. The highest BCUT2D eigenvalue weighted by Crippen LogP contribution is 2.17. The van der Waals surface area contributed by atoms with E-state index < -0.39 is 12.0 Å². The Labute approximate surface area is 123 Å². The second-order valence-electron chi connectivity index (χ2n) is 5.20. The molecule has 2 heterocycles. The molecule has 0 aliphatic rings. The molecule has 7 nitrogen and oxygen atoms in total. The van der Waals surface area contributed by atoms with Crippen molar-refractivity contribution in [1.29, 1.82) is 0 Å². The van der Waals surface area contributed by atoms with Gasteiger partial charge in [0.15, 0.2) is 0 Å². The molecule has 0 spiro atoms. The number of anilines is 1. The number of aromatic nitrogens is 4. The normalized spacial score (nSPS) is 14.0. The summed E-state index contributed by atoms with van der Waals surface area (Å²) in [4.78, 5) is 20.0. The summed E-state index contributed by atoms with van der Waals surface area (Å²) in [6.45, 7) is 5.96. The summed E-state index contributed by atoms with van der Waals surface area (Å²) >= 11 is 0. The largest absolute Gasteiger partial charge is 0.480 e. The summed E-state index contributed by atoms with van der Waals surface area (Å²) in [5.74, 6) is 0.237. The van der Waals surface area contributed by atoms with Crippen LogP contribution >= 0.6 is 0 Å². The SMILES string of the molecule is CCCc1cc(N[C@H](C(=O)O)[C@@H](C)CC)n2ncnc2n1. The van der Waals surface area contributed by atoms with Crippen LogP contribution in [0.25, 0.3) is 5.78 Å². The number of hydrogen-bond acceptors (Lipinski definition) is 5. The number of aryl methyl sites for hydroxylation is 1. The summed E-state index contributed by atoms with van der Waals surface area (Å²) in [5.41, 5.74) is 0.883. The highest BCUT2D eigenvalue weighted by Gasteiger charge is 2.24. The van der Waals surface area contributed by atoms with E-state index in [0.29, 0.717) is 11.6 Å². The van der Waals surface area contributed by atoms with Crippen molar-refractivity contribution in [1.82, 2.24) is 19.6 Å². The number of carboxylic acid groups (broad SMARTS) is 1. The average molecular weight is 291 g/mol. The molecule has 0 saturated heterocycles. The number of aliphatic carboxylic acids is 1. The molecule has 0 aromatic carbocycles. The van der Waals surface area contributed by atoms with Gasteiger partial charge in [-0.2, -0.15) is 14.6 Å². The lowest BCUT2D eigenvalue weighted by Gasteiger charge is -2.21. The topological polar surface area (TPSA) is 92.4 Å². The maximum absolute atomic E-state index is 11.5. The van der Waals surface area contributed by atoms with Gasteiger partial charge in [-0.1, -0.05) is 33.6 Å². The first-order valence-corrected chi connectivity index (χ1v) is 7.25. The third-order valence-corrected chi connectivity index (χ3v) is 3.59. The van der Waals surface area contributed by atoms with E-state index in [4.69, 9.17) is 0 Å². The Bertz CT molecular complexity index is 625. The number of rotatable bonds is 7. The van der Waals surface area contributed by atoms with Crippen LogP contribution in [0.15, 0.2) is 12.4 Å². The number of fused-ring (bicyclic) bond motifs is 1. The van der Waals surface area contributed by atoms with E-state index in [2.05, 4.69) is 27.3 Å². The highest BCUT2D eigenvalue weighted by atomic mass is 16.4. The first-order valence-electron chi connectivity index (χ1n) is 7.25. The first-order chi connectivity index (χ1) is 10.1. The van der Waals surface area contributed by atoms with Crippen LogP contribution in [0.5, 0.6) is 0 Å². The molecule has 2 aromatic heterocycles. The fourth-order valence-electron chi connectivity index (χ4n) is 2.19. The molecule has 0 amide bonds. The Morgan fingerprint density at radius 2 is 2.24 bits per heavy atom. The molecule has 21 heavy (non-hydrogen) atoms. The molecule has 7 heteroatoms. The van der Waals surface area contributed by atoms with Crippen LogP contribution in [-0.2, 0) is 11.2 Å². The molecule has 0 fully saturated rings. The fourth-order valence-corrected chi connectivity index (χ4v) is 2.19. The fraction of sp³-hybridized carbons (Fsp3) is 0.571. The van der Waals surface area contributed by atoms with Crippen molar-refractivity contribution in [2.45, 2.75) is 46.1 Å². The van der Waals surface area contributed by atoms with Crippen molar-refractivity contribution >= 4 is 17.6 Å². The van der Waals surface area contributed by atoms with Crippen LogP contribution in [0.1, 0.15) is 39.3 Å². The van der Waals surface area contributed by atoms with Crippen molar-refractivity contribution in [2.24, 2.45) is 5.92 Å². The Morgan fingerprint density at radius 3 is 2.86 bits per heavy atom. The molecular formula is C14H21N5O2. The van der Waals surface area contributed by atoms with Crippen molar-refractivity contribution < 1.29 is 9.90 Å². The molecule has 2 N–H and O–H groups in total. The molecule has 0 unspecified atom stereocenters. The zero-order chi connectivity index (χ0) is 15.4. The molecule has 2 rings (SSSR count). The van der Waals surface area contributed by atoms with Gasteiger partial charge in [0.25, 0.3) is 5.78 Å². The minimum Gasteiger partial charge on any atom is -0.480 e. The van der Waals surface area contributed by atoms with Gasteiger partial charge in [0, 0.05) is 11.8 Å². The third kappa shape index (κ3) is 3.29. The van der Waals surface area contributed by atoms with E-state index in [-0.39, 0.29) is 5.92 Å². The van der Waals surface area contributed by atoms with Crippen molar-refractivity contribution in [3.8, 4) is 0 Å². The van der Waals surface area contributed by atoms with Crippen molar-refractivity contribution in [3.63, 3.8) is 0 Å². The summed E-state index contributed by atoms with van der Waals surface area (Å²) in [7, 11) is 0. The van der Waals surface area contributed by atoms with E-state index in [0.717, 1.165) is 25.0 Å². The average Bonchev–Trinajstić information content (AvgIpc) is 2.92. The lowest BCUT2D eigenvalue weighted by molar-refractivity contribution is -0.139. The Kier molecular flexibility index (Phi) is 4.72. The summed E-state index contributed by atoms with van der Waals surface area (Å²) in [6, 6.07) is 1.18. The van der Waals surface area contributed by atoms with Gasteiger partial charge in [0.05, 0.1) is 0 Å². The molecule has 0 saturated carbocycles. The minimum absolute atomic E-state index is 0.00358. The van der Waals surface area contributed by atoms with E-state index in [9.17, 15) is 9.90 Å². The predicted molar refractivity (Wildman–Crippen MR) is 79.3 cm³/mol. The van der Waals surface area contributed by atoms with E-state index in [1.54, 1.807) is 0 Å². The predicted octanol–water partition coefficient (Wildman–Crippen LogP) is 1.99. The summed E-state index contributed by atoms with van der Waals surface area (Å²) in [5, 5.41) is 16.6. The molecule has 0 aliphatic heterocycles. The second kappa shape index (κ2) is 6.51. The lowest BCUT2D eigenvalue weighted by atomic mass is 9.99. The van der Waals surface area contributed by atoms with Gasteiger partial charge in [-0.3, -0.25) is 0 Å². The van der Waals surface area contributed by atoms with Crippen LogP contribution in [0.3, 0.4) is 0 Å². The van der Waals surface area contributed by atoms with E-state index in [1.807, 2.05) is 19.9 Å². The molecular weight excluding hydrogens is 270 g/mol. The van der Waals surface area contributed by atoms with Gasteiger partial charge < -0.3 is 10.4 Å². The van der Waals surface area contributed by atoms with Gasteiger partial charge in [-0.25, -0.2) is 9.78 Å². The zero-order valence-electron chi connectivity index (χ0n) is 12.6. The summed E-state index contributed by atoms with van der Waals surface area (Å²) < 4.78 is 1.54. The maximum Gasteiger partial charge on any atom is 0.326 e. The monoisotopic (exact) mass is 291 g/mol. The Morgan fingerprint density at radius 1 is 1.48 bits per heavy atom. The molecule has 0 bridgehead atoms. The van der Waals surface area contributed by atoms with Crippen LogP contribution in [0.2, 0.25) is 0 Å².